The molecule has 0 aliphatic carbocycles. The van der Waals surface area contributed by atoms with Crippen LogP contribution in [0.1, 0.15) is 0 Å². The minimum atomic E-state index is -4.30. The Morgan fingerprint density at radius 1 is 0.442 bits per heavy atom. The van der Waals surface area contributed by atoms with E-state index in [1.54, 1.807) is 0 Å². The first-order chi connectivity index (χ1) is 19.9. The third kappa shape index (κ3) is 7.74. The van der Waals surface area contributed by atoms with E-state index in [0.29, 0.717) is 0 Å². The Balaban J connectivity index is 8.56. The molecule has 244 valence electrons. The van der Waals surface area contributed by atoms with Crippen LogP contribution >= 0.6 is 0 Å². The van der Waals surface area contributed by atoms with Gasteiger partial charge in [-0.1, -0.05) is 13.2 Å². The van der Waals surface area contributed by atoms with Gasteiger partial charge in [0.25, 0.3) is 0 Å². The fourth-order valence-electron chi connectivity index (χ4n) is 3.58. The lowest BCUT2D eigenvalue weighted by Gasteiger charge is -2.44. The molecule has 12 N–H and O–H groups in total. The van der Waals surface area contributed by atoms with Crippen molar-refractivity contribution in [2.24, 2.45) is 0 Å². The second-order valence-electron chi connectivity index (χ2n) is 8.80. The summed E-state index contributed by atoms with van der Waals surface area (Å²) < 4.78 is 5.21. The van der Waals surface area contributed by atoms with Gasteiger partial charge < -0.3 is 66.0 Å². The molecule has 0 spiro atoms. The Kier molecular flexibility index (Phi) is 15.6. The Morgan fingerprint density at radius 3 is 0.791 bits per heavy atom. The van der Waals surface area contributed by atoms with E-state index in [1.807, 2.05) is 0 Å². The molecule has 0 aliphatic rings. The van der Waals surface area contributed by atoms with Crippen LogP contribution in [0.4, 0.5) is 0 Å². The minimum absolute atomic E-state index is 1.48. The van der Waals surface area contributed by atoms with Crippen molar-refractivity contribution in [2.45, 2.75) is 47.8 Å². The van der Waals surface area contributed by atoms with E-state index >= 15 is 0 Å². The van der Waals surface area contributed by atoms with E-state index in [0.717, 1.165) is 0 Å². The van der Waals surface area contributed by atoms with Crippen molar-refractivity contribution < 1.29 is 94.8 Å². The number of hydrogen-bond acceptors (Lipinski definition) is 19. The number of carbonyl (C=O) groups excluding carboxylic acids is 6. The summed E-state index contributed by atoms with van der Waals surface area (Å²) in [5.74, 6) is -13.2. The molecule has 0 saturated carbocycles. The highest BCUT2D eigenvalue weighted by molar-refractivity contribution is 6.27. The van der Waals surface area contributed by atoms with Gasteiger partial charge in [-0.25, -0.2) is 0 Å². The zero-order chi connectivity index (χ0) is 34.0. The van der Waals surface area contributed by atoms with Crippen molar-refractivity contribution in [1.29, 1.82) is 0 Å². The molecule has 0 aromatic rings. The zero-order valence-corrected chi connectivity index (χ0v) is 22.3. The van der Waals surface area contributed by atoms with Gasteiger partial charge in [-0.05, 0) is 0 Å². The van der Waals surface area contributed by atoms with Crippen molar-refractivity contribution >= 4 is 34.7 Å². The largest absolute Gasteiger partial charge is 0.393 e. The standard InChI is InChI=1S/C24H34O19/c1-9(17(37)11(31)3-25)23(19(39)13(33)5-27,20(40)14(34)6-28)43-24(21(41)15(35)7-29,22(42)16(36)8-30)10(2)18(38)12(32)4-26/h11-16,25-36H,1-8H2. The molecular formula is C24H34O19. The van der Waals surface area contributed by atoms with E-state index < -0.39 is 133 Å². The van der Waals surface area contributed by atoms with Crippen LogP contribution in [0.2, 0.25) is 0 Å². The SMILES string of the molecule is C=C(C(=O)C(O)CO)C(OC(C(=C)C(=O)C(O)CO)(C(=O)C(O)CO)C(=O)C(O)CO)(C(=O)C(O)CO)C(=O)C(O)CO. The van der Waals surface area contributed by atoms with Crippen LogP contribution in [0.3, 0.4) is 0 Å². The minimum Gasteiger partial charge on any atom is -0.393 e. The lowest BCUT2D eigenvalue weighted by molar-refractivity contribution is -0.193. The van der Waals surface area contributed by atoms with Crippen LogP contribution in [0.25, 0.3) is 0 Å². The summed E-state index contributed by atoms with van der Waals surface area (Å²) in [6.07, 6.45) is -16.8. The van der Waals surface area contributed by atoms with Crippen LogP contribution in [0, 0.1) is 0 Å². The number of Topliss-reactive ketones (excluding diaryl/α,β-unsaturated/α-hetero) is 6. The average Bonchev–Trinajstić information content (AvgIpc) is 3.03. The highest BCUT2D eigenvalue weighted by atomic mass is 16.6. The first-order valence-corrected chi connectivity index (χ1v) is 12.0. The normalized spacial score (nSPS) is 18.5. The summed E-state index contributed by atoms with van der Waals surface area (Å²) in [4.78, 5) is 80.0. The van der Waals surface area contributed by atoms with Gasteiger partial charge in [-0.2, -0.15) is 0 Å². The molecule has 0 aromatic carbocycles. The number of ether oxygens (including phenoxy) is 1. The van der Waals surface area contributed by atoms with E-state index in [1.165, 1.54) is 0 Å². The summed E-state index contributed by atoms with van der Waals surface area (Å²) in [5, 5.41) is 117. The Labute approximate surface area is 241 Å². The molecule has 0 rings (SSSR count). The first-order valence-electron chi connectivity index (χ1n) is 12.0. The van der Waals surface area contributed by atoms with Gasteiger partial charge in [0.1, 0.15) is 36.6 Å². The second kappa shape index (κ2) is 16.7. The molecule has 0 bridgehead atoms. The molecule has 0 saturated heterocycles. The van der Waals surface area contributed by atoms with Crippen molar-refractivity contribution in [3.05, 3.63) is 24.3 Å². The monoisotopic (exact) mass is 626 g/mol. The maximum absolute atomic E-state index is 13.5. The van der Waals surface area contributed by atoms with Crippen molar-refractivity contribution in [1.82, 2.24) is 0 Å². The van der Waals surface area contributed by atoms with E-state index in [4.69, 9.17) is 4.74 Å². The summed E-state index contributed by atoms with van der Waals surface area (Å²) in [7, 11) is 0. The maximum atomic E-state index is 13.5. The van der Waals surface area contributed by atoms with Gasteiger partial charge >= 0.3 is 0 Å². The third-order valence-corrected chi connectivity index (χ3v) is 5.99. The Morgan fingerprint density at radius 2 is 0.628 bits per heavy atom. The molecule has 0 fully saturated rings. The van der Waals surface area contributed by atoms with Gasteiger partial charge in [-0.3, -0.25) is 28.8 Å². The molecule has 0 aromatic heterocycles. The number of ketones is 6. The summed E-state index contributed by atoms with van der Waals surface area (Å²) in [6.45, 7) is -3.53. The van der Waals surface area contributed by atoms with Crippen molar-refractivity contribution in [3.8, 4) is 0 Å². The molecule has 6 unspecified atom stereocenters. The fourth-order valence-corrected chi connectivity index (χ4v) is 3.58. The predicted molar refractivity (Wildman–Crippen MR) is 133 cm³/mol. The molecular weight excluding hydrogens is 592 g/mol. The summed E-state index contributed by atoms with van der Waals surface area (Å²) in [6, 6.07) is 0. The molecule has 43 heavy (non-hydrogen) atoms. The molecule has 6 atom stereocenters. The second-order valence-corrected chi connectivity index (χ2v) is 8.80. The van der Waals surface area contributed by atoms with Crippen LogP contribution < -0.4 is 0 Å². The lowest BCUT2D eigenvalue weighted by atomic mass is 9.74. The third-order valence-electron chi connectivity index (χ3n) is 5.99. The highest BCUT2D eigenvalue weighted by Crippen LogP contribution is 2.39. The molecule has 19 nitrogen and oxygen atoms in total. The highest BCUT2D eigenvalue weighted by Gasteiger charge is 2.66. The quantitative estimate of drug-likeness (QED) is 0.0392. The van der Waals surface area contributed by atoms with Gasteiger partial charge in [0.05, 0.1) is 39.6 Å². The van der Waals surface area contributed by atoms with Gasteiger partial charge in [-0.15, -0.1) is 0 Å². The molecule has 0 aliphatic heterocycles. The number of aliphatic hydroxyl groups excluding tert-OH is 12. The predicted octanol–water partition coefficient (Wildman–Crippen LogP) is -8.87. The van der Waals surface area contributed by atoms with Crippen molar-refractivity contribution in [3.63, 3.8) is 0 Å². The number of carbonyl (C=O) groups is 6. The summed E-state index contributed by atoms with van der Waals surface area (Å²) in [5.41, 5.74) is -12.1. The maximum Gasteiger partial charge on any atom is 0.220 e. The summed E-state index contributed by atoms with van der Waals surface area (Å²) >= 11 is 0. The topological polar surface area (TPSA) is 354 Å². The number of hydrogen-bond donors (Lipinski definition) is 12. The van der Waals surface area contributed by atoms with E-state index in [-0.39, 0.29) is 0 Å². The first kappa shape index (κ1) is 40.0. The zero-order valence-electron chi connectivity index (χ0n) is 22.3. The van der Waals surface area contributed by atoms with Gasteiger partial charge in [0, 0.05) is 11.1 Å². The van der Waals surface area contributed by atoms with E-state index in [9.17, 15) is 90.0 Å². The molecule has 0 radical (unpaired) electrons. The molecule has 19 heteroatoms. The average molecular weight is 627 g/mol. The Bertz CT molecular complexity index is 968. The smallest absolute Gasteiger partial charge is 0.220 e. The Hall–Kier alpha value is -3.02. The van der Waals surface area contributed by atoms with Crippen LogP contribution in [-0.4, -0.2) is 183 Å². The fraction of sp³-hybridized carbons (Fsp3) is 0.583. The van der Waals surface area contributed by atoms with Gasteiger partial charge in [0.2, 0.25) is 34.3 Å². The molecule has 0 amide bonds. The van der Waals surface area contributed by atoms with Gasteiger partial charge in [0.15, 0.2) is 11.6 Å². The number of rotatable bonds is 22. The van der Waals surface area contributed by atoms with Crippen LogP contribution in [0.5, 0.6) is 0 Å². The van der Waals surface area contributed by atoms with Crippen LogP contribution in [-0.2, 0) is 33.5 Å². The van der Waals surface area contributed by atoms with Crippen LogP contribution in [0.15, 0.2) is 24.3 Å². The lowest BCUT2D eigenvalue weighted by Crippen LogP contribution is -2.70. The van der Waals surface area contributed by atoms with Crippen molar-refractivity contribution in [2.75, 3.05) is 39.6 Å². The van der Waals surface area contributed by atoms with E-state index in [2.05, 4.69) is 13.2 Å². The molecule has 0 heterocycles. The number of aliphatic hydroxyl groups is 12.